The van der Waals surface area contributed by atoms with Crippen LogP contribution in [0, 0.1) is 0 Å². The first-order valence-corrected chi connectivity index (χ1v) is 4.32. The molecule has 0 bridgehead atoms. The van der Waals surface area contributed by atoms with Crippen molar-refractivity contribution in [2.45, 2.75) is 13.0 Å². The molecule has 68 valence electrons. The number of fused-ring (bicyclic) bond motifs is 1. The Labute approximate surface area is 80.3 Å². The van der Waals surface area contributed by atoms with Crippen molar-refractivity contribution in [2.24, 2.45) is 5.73 Å². The molecule has 0 aromatic carbocycles. The van der Waals surface area contributed by atoms with Crippen LogP contribution in [0.15, 0.2) is 18.3 Å². The Morgan fingerprint density at radius 1 is 1.54 bits per heavy atom. The lowest BCUT2D eigenvalue weighted by molar-refractivity contribution is 0.731. The van der Waals surface area contributed by atoms with Crippen LogP contribution in [-0.2, 0) is 0 Å². The van der Waals surface area contributed by atoms with E-state index in [4.69, 9.17) is 17.3 Å². The van der Waals surface area contributed by atoms with E-state index in [1.807, 2.05) is 6.92 Å². The minimum atomic E-state index is -0.0963. The summed E-state index contributed by atoms with van der Waals surface area (Å²) < 4.78 is 1.66. The van der Waals surface area contributed by atoms with Gasteiger partial charge in [-0.1, -0.05) is 11.6 Å². The van der Waals surface area contributed by atoms with Gasteiger partial charge in [0.2, 0.25) is 0 Å². The van der Waals surface area contributed by atoms with Crippen molar-refractivity contribution in [3.05, 3.63) is 29.2 Å². The van der Waals surface area contributed by atoms with E-state index in [9.17, 15) is 0 Å². The van der Waals surface area contributed by atoms with Crippen LogP contribution in [0.2, 0.25) is 5.15 Å². The lowest BCUT2D eigenvalue weighted by atomic mass is 10.3. The van der Waals surface area contributed by atoms with Crippen LogP contribution in [-0.4, -0.2) is 14.6 Å². The molecule has 0 aliphatic heterocycles. The van der Waals surface area contributed by atoms with E-state index in [1.54, 1.807) is 22.8 Å². The zero-order valence-electron chi connectivity index (χ0n) is 7.11. The molecule has 0 radical (unpaired) electrons. The van der Waals surface area contributed by atoms with E-state index in [2.05, 4.69) is 10.1 Å². The van der Waals surface area contributed by atoms with Crippen LogP contribution < -0.4 is 5.73 Å². The molecule has 0 saturated carbocycles. The van der Waals surface area contributed by atoms with Crippen LogP contribution in [0.4, 0.5) is 0 Å². The first kappa shape index (κ1) is 8.47. The van der Waals surface area contributed by atoms with E-state index < -0.39 is 0 Å². The molecule has 2 N–H and O–H groups in total. The molecule has 0 spiro atoms. The van der Waals surface area contributed by atoms with Crippen LogP contribution >= 0.6 is 11.6 Å². The monoisotopic (exact) mass is 196 g/mol. The fourth-order valence-electron chi connectivity index (χ4n) is 1.18. The molecule has 0 aliphatic carbocycles. The van der Waals surface area contributed by atoms with Crippen molar-refractivity contribution in [1.29, 1.82) is 0 Å². The highest BCUT2D eigenvalue weighted by atomic mass is 35.5. The largest absolute Gasteiger partial charge is 0.323 e. The molecule has 1 atom stereocenters. The summed E-state index contributed by atoms with van der Waals surface area (Å²) >= 11 is 5.75. The zero-order chi connectivity index (χ0) is 9.42. The van der Waals surface area contributed by atoms with Crippen LogP contribution in [0.5, 0.6) is 0 Å². The van der Waals surface area contributed by atoms with E-state index in [1.165, 1.54) is 0 Å². The third-order valence-electron chi connectivity index (χ3n) is 1.82. The number of rotatable bonds is 1. The molecule has 13 heavy (non-hydrogen) atoms. The molecule has 0 aliphatic rings. The van der Waals surface area contributed by atoms with Gasteiger partial charge in [0.1, 0.15) is 5.15 Å². The van der Waals surface area contributed by atoms with E-state index in [-0.39, 0.29) is 6.04 Å². The maximum atomic E-state index is 5.75. The summed E-state index contributed by atoms with van der Waals surface area (Å²) in [6.45, 7) is 1.88. The number of nitrogens with zero attached hydrogens (tertiary/aromatic N) is 3. The molecule has 2 aromatic heterocycles. The van der Waals surface area contributed by atoms with Gasteiger partial charge in [-0.2, -0.15) is 5.10 Å². The Hall–Kier alpha value is -1.13. The lowest BCUT2D eigenvalue weighted by Crippen LogP contribution is -2.09. The predicted molar refractivity (Wildman–Crippen MR) is 50.6 cm³/mol. The van der Waals surface area contributed by atoms with Crippen LogP contribution in [0.25, 0.3) is 5.65 Å². The van der Waals surface area contributed by atoms with E-state index in [0.29, 0.717) is 5.15 Å². The maximum Gasteiger partial charge on any atom is 0.153 e. The molecule has 1 unspecified atom stereocenters. The average molecular weight is 197 g/mol. The normalized spacial score (nSPS) is 13.5. The zero-order valence-corrected chi connectivity index (χ0v) is 7.86. The quantitative estimate of drug-likeness (QED) is 0.750. The van der Waals surface area contributed by atoms with E-state index >= 15 is 0 Å². The average Bonchev–Trinajstić information content (AvgIpc) is 2.46. The molecule has 5 heteroatoms. The summed E-state index contributed by atoms with van der Waals surface area (Å²) in [5, 5.41) is 4.53. The highest BCUT2D eigenvalue weighted by Gasteiger charge is 2.07. The Morgan fingerprint density at radius 3 is 3.00 bits per heavy atom. The summed E-state index contributed by atoms with van der Waals surface area (Å²) in [4.78, 5) is 4.14. The molecule has 2 aromatic rings. The number of imidazole rings is 1. The highest BCUT2D eigenvalue weighted by molar-refractivity contribution is 6.29. The summed E-state index contributed by atoms with van der Waals surface area (Å²) in [7, 11) is 0. The predicted octanol–water partition coefficient (Wildman–Crippen LogP) is 1.40. The Kier molecular flexibility index (Phi) is 1.94. The first-order valence-electron chi connectivity index (χ1n) is 3.94. The second kappa shape index (κ2) is 2.97. The second-order valence-corrected chi connectivity index (χ2v) is 3.29. The third-order valence-corrected chi connectivity index (χ3v) is 2.02. The molecular weight excluding hydrogens is 188 g/mol. The third kappa shape index (κ3) is 1.38. The van der Waals surface area contributed by atoms with Gasteiger partial charge >= 0.3 is 0 Å². The lowest BCUT2D eigenvalue weighted by Gasteiger charge is -2.03. The molecule has 0 saturated heterocycles. The topological polar surface area (TPSA) is 56.2 Å². The number of hydrogen-bond donors (Lipinski definition) is 1. The van der Waals surface area contributed by atoms with Crippen molar-refractivity contribution in [3.63, 3.8) is 0 Å². The summed E-state index contributed by atoms with van der Waals surface area (Å²) in [6.07, 6.45) is 1.71. The number of aromatic nitrogens is 3. The first-order chi connectivity index (χ1) is 6.18. The Balaban J connectivity index is 2.71. The standard InChI is InChI=1S/C8H9ClN4/c1-5(10)6-4-11-8-3-2-7(9)12-13(6)8/h2-5H,10H2,1H3. The van der Waals surface area contributed by atoms with Crippen molar-refractivity contribution in [3.8, 4) is 0 Å². The van der Waals surface area contributed by atoms with Gasteiger partial charge in [0, 0.05) is 6.04 Å². The molecule has 2 rings (SSSR count). The maximum absolute atomic E-state index is 5.75. The van der Waals surface area contributed by atoms with Gasteiger partial charge in [0.15, 0.2) is 5.65 Å². The van der Waals surface area contributed by atoms with Gasteiger partial charge in [-0.15, -0.1) is 0 Å². The molecule has 0 amide bonds. The molecular formula is C8H9ClN4. The van der Waals surface area contributed by atoms with Crippen molar-refractivity contribution < 1.29 is 0 Å². The van der Waals surface area contributed by atoms with Crippen LogP contribution in [0.1, 0.15) is 18.7 Å². The minimum absolute atomic E-state index is 0.0963. The van der Waals surface area contributed by atoms with Gasteiger partial charge < -0.3 is 5.73 Å². The van der Waals surface area contributed by atoms with Gasteiger partial charge in [-0.3, -0.25) is 0 Å². The number of halogens is 1. The van der Waals surface area contributed by atoms with Crippen molar-refractivity contribution in [1.82, 2.24) is 14.6 Å². The van der Waals surface area contributed by atoms with Crippen molar-refractivity contribution >= 4 is 17.2 Å². The SMILES string of the molecule is CC(N)c1cnc2ccc(Cl)nn12. The molecule has 2 heterocycles. The summed E-state index contributed by atoms with van der Waals surface area (Å²) in [6, 6.07) is 3.41. The molecule has 0 fully saturated rings. The van der Waals surface area contributed by atoms with Crippen LogP contribution in [0.3, 0.4) is 0 Å². The second-order valence-electron chi connectivity index (χ2n) is 2.90. The fourth-order valence-corrected chi connectivity index (χ4v) is 1.32. The summed E-state index contributed by atoms with van der Waals surface area (Å²) in [5.41, 5.74) is 7.35. The minimum Gasteiger partial charge on any atom is -0.323 e. The van der Waals surface area contributed by atoms with Gasteiger partial charge in [-0.25, -0.2) is 9.50 Å². The smallest absolute Gasteiger partial charge is 0.153 e. The van der Waals surface area contributed by atoms with Gasteiger partial charge in [0.25, 0.3) is 0 Å². The fraction of sp³-hybridized carbons (Fsp3) is 0.250. The Bertz CT molecular complexity index is 435. The van der Waals surface area contributed by atoms with Gasteiger partial charge in [0.05, 0.1) is 11.9 Å². The van der Waals surface area contributed by atoms with Gasteiger partial charge in [-0.05, 0) is 19.1 Å². The highest BCUT2D eigenvalue weighted by Crippen LogP contribution is 2.13. The summed E-state index contributed by atoms with van der Waals surface area (Å²) in [5.74, 6) is 0. The van der Waals surface area contributed by atoms with E-state index in [0.717, 1.165) is 11.3 Å². The Morgan fingerprint density at radius 2 is 2.31 bits per heavy atom. The van der Waals surface area contributed by atoms with Crippen molar-refractivity contribution in [2.75, 3.05) is 0 Å². The number of hydrogen-bond acceptors (Lipinski definition) is 3. The molecule has 4 nitrogen and oxygen atoms in total. The number of nitrogens with two attached hydrogens (primary N) is 1.